The third-order valence-corrected chi connectivity index (χ3v) is 6.83. The quantitative estimate of drug-likeness (QED) is 0.655. The minimum Gasteiger partial charge on any atom is -0.493 e. The molecule has 1 aromatic carbocycles. The zero-order valence-electron chi connectivity index (χ0n) is 10.7. The average Bonchev–Trinajstić information content (AvgIpc) is 2.77. The number of rotatable bonds is 4. The fourth-order valence-electron chi connectivity index (χ4n) is 1.78. The molecule has 1 heterocycles. The monoisotopic (exact) mass is 483 g/mol. The van der Waals surface area contributed by atoms with Crippen LogP contribution in [0.3, 0.4) is 0 Å². The van der Waals surface area contributed by atoms with Crippen LogP contribution in [0.2, 0.25) is 0 Å². The predicted octanol–water partition coefficient (Wildman–Crippen LogP) is 5.10. The van der Waals surface area contributed by atoms with E-state index in [0.717, 1.165) is 23.2 Å². The number of thiophene rings is 1. The molecule has 0 bridgehead atoms. The molecule has 0 saturated carbocycles. The van der Waals surface area contributed by atoms with E-state index in [1.165, 1.54) is 0 Å². The number of hydrogen-bond donors (Lipinski definition) is 1. The lowest BCUT2D eigenvalue weighted by Gasteiger charge is -2.16. The van der Waals surface area contributed by atoms with Gasteiger partial charge >= 0.3 is 0 Å². The van der Waals surface area contributed by atoms with Gasteiger partial charge in [0, 0.05) is 13.8 Å². The molecule has 1 aromatic heterocycles. The summed E-state index contributed by atoms with van der Waals surface area (Å²) in [5.41, 5.74) is 7.30. The maximum Gasteiger partial charge on any atom is 0.161 e. The Kier molecular flexibility index (Phi) is 5.53. The molecule has 0 fully saturated rings. The number of methoxy groups -OCH3 is 2. The largest absolute Gasteiger partial charge is 0.493 e. The lowest BCUT2D eigenvalue weighted by molar-refractivity contribution is 0.354. The molecular formula is C13H12Br3NO2S. The Bertz CT molecular complexity index is 611. The lowest BCUT2D eigenvalue weighted by atomic mass is 10.1. The third-order valence-electron chi connectivity index (χ3n) is 2.81. The Labute approximate surface area is 146 Å². The number of halogens is 3. The van der Waals surface area contributed by atoms with Crippen LogP contribution in [-0.2, 0) is 0 Å². The molecule has 2 rings (SSSR count). The molecule has 2 N–H and O–H groups in total. The van der Waals surface area contributed by atoms with Crippen molar-refractivity contribution in [1.82, 2.24) is 0 Å². The topological polar surface area (TPSA) is 44.5 Å². The first kappa shape index (κ1) is 16.3. The van der Waals surface area contributed by atoms with E-state index < -0.39 is 0 Å². The second-order valence-corrected chi connectivity index (χ2v) is 8.09. The van der Waals surface area contributed by atoms with Crippen molar-refractivity contribution in [3.63, 3.8) is 0 Å². The first-order valence-corrected chi connectivity index (χ1v) is 8.79. The van der Waals surface area contributed by atoms with Gasteiger partial charge in [0.05, 0.1) is 24.0 Å². The third kappa shape index (κ3) is 3.22. The second-order valence-electron chi connectivity index (χ2n) is 3.98. The van der Waals surface area contributed by atoms with Crippen LogP contribution in [0.25, 0.3) is 0 Å². The summed E-state index contributed by atoms with van der Waals surface area (Å²) in [5, 5.41) is 0. The van der Waals surface area contributed by atoms with E-state index in [9.17, 15) is 0 Å². The maximum atomic E-state index is 6.36. The first-order valence-electron chi connectivity index (χ1n) is 5.59. The minimum absolute atomic E-state index is 0.239. The molecule has 0 aliphatic heterocycles. The predicted molar refractivity (Wildman–Crippen MR) is 93.0 cm³/mol. The number of nitrogens with two attached hydrogens (primary N) is 1. The summed E-state index contributed by atoms with van der Waals surface area (Å²) in [6.45, 7) is 0. The number of benzene rings is 1. The molecule has 0 radical (unpaired) electrons. The molecule has 1 atom stereocenters. The van der Waals surface area contributed by atoms with Gasteiger partial charge in [0.1, 0.15) is 0 Å². The summed E-state index contributed by atoms with van der Waals surface area (Å²) in [7, 11) is 3.22. The summed E-state index contributed by atoms with van der Waals surface area (Å²) in [4.78, 5) is 1.05. The van der Waals surface area contributed by atoms with Crippen LogP contribution in [0.1, 0.15) is 16.5 Å². The van der Waals surface area contributed by atoms with Gasteiger partial charge in [-0.15, -0.1) is 11.3 Å². The Balaban J connectivity index is 2.46. The van der Waals surface area contributed by atoms with Crippen LogP contribution in [0.5, 0.6) is 11.5 Å². The molecule has 1 unspecified atom stereocenters. The molecule has 2 aromatic rings. The molecule has 0 amide bonds. The zero-order valence-corrected chi connectivity index (χ0v) is 16.3. The Hall–Kier alpha value is -0.0800. The minimum atomic E-state index is -0.239. The summed E-state index contributed by atoms with van der Waals surface area (Å²) in [6, 6.07) is 5.54. The van der Waals surface area contributed by atoms with Gasteiger partial charge in [-0.05, 0) is 55.6 Å². The molecule has 0 saturated heterocycles. The highest BCUT2D eigenvalue weighted by Gasteiger charge is 2.19. The van der Waals surface area contributed by atoms with Crippen LogP contribution < -0.4 is 15.2 Å². The highest BCUT2D eigenvalue weighted by atomic mass is 79.9. The smallest absolute Gasteiger partial charge is 0.161 e. The average molecular weight is 486 g/mol. The summed E-state index contributed by atoms with van der Waals surface area (Å²) >= 11 is 12.1. The Morgan fingerprint density at radius 2 is 1.60 bits per heavy atom. The van der Waals surface area contributed by atoms with Crippen LogP contribution in [0.15, 0.2) is 30.9 Å². The van der Waals surface area contributed by atoms with Crippen molar-refractivity contribution < 1.29 is 9.47 Å². The van der Waals surface area contributed by atoms with Crippen LogP contribution in [-0.4, -0.2) is 14.2 Å². The van der Waals surface area contributed by atoms with Crippen LogP contribution in [0.4, 0.5) is 0 Å². The highest BCUT2D eigenvalue weighted by molar-refractivity contribution is 9.13. The molecule has 3 nitrogen and oxygen atoms in total. The lowest BCUT2D eigenvalue weighted by Crippen LogP contribution is -2.11. The van der Waals surface area contributed by atoms with E-state index in [-0.39, 0.29) is 6.04 Å². The first-order chi connectivity index (χ1) is 9.47. The zero-order chi connectivity index (χ0) is 14.9. The molecule has 108 valence electrons. The summed E-state index contributed by atoms with van der Waals surface area (Å²) in [6.07, 6.45) is 0. The molecule has 0 aliphatic carbocycles. The van der Waals surface area contributed by atoms with Crippen molar-refractivity contribution in [2.75, 3.05) is 14.2 Å². The van der Waals surface area contributed by atoms with Gasteiger partial charge in [-0.3, -0.25) is 0 Å². The Morgan fingerprint density at radius 3 is 2.10 bits per heavy atom. The van der Waals surface area contributed by atoms with Crippen molar-refractivity contribution in [2.24, 2.45) is 5.73 Å². The van der Waals surface area contributed by atoms with E-state index in [1.54, 1.807) is 25.6 Å². The van der Waals surface area contributed by atoms with Crippen molar-refractivity contribution in [1.29, 1.82) is 0 Å². The van der Waals surface area contributed by atoms with Crippen LogP contribution >= 0.6 is 59.1 Å². The highest BCUT2D eigenvalue weighted by Crippen LogP contribution is 2.41. The summed E-state index contributed by atoms with van der Waals surface area (Å²) in [5.74, 6) is 1.33. The van der Waals surface area contributed by atoms with Crippen molar-refractivity contribution in [3.05, 3.63) is 41.4 Å². The molecular weight excluding hydrogens is 474 g/mol. The molecule has 0 spiro atoms. The normalized spacial score (nSPS) is 12.3. The molecule has 20 heavy (non-hydrogen) atoms. The van der Waals surface area contributed by atoms with E-state index in [0.29, 0.717) is 11.5 Å². The van der Waals surface area contributed by atoms with Gasteiger partial charge in [0.2, 0.25) is 0 Å². The van der Waals surface area contributed by atoms with Crippen molar-refractivity contribution >= 4 is 59.1 Å². The van der Waals surface area contributed by atoms with Gasteiger partial charge in [-0.1, -0.05) is 15.9 Å². The van der Waals surface area contributed by atoms with Gasteiger partial charge in [0.25, 0.3) is 0 Å². The van der Waals surface area contributed by atoms with E-state index in [4.69, 9.17) is 15.2 Å². The summed E-state index contributed by atoms with van der Waals surface area (Å²) < 4.78 is 13.5. The number of hydrogen-bond acceptors (Lipinski definition) is 4. The van der Waals surface area contributed by atoms with Gasteiger partial charge in [0.15, 0.2) is 11.5 Å². The van der Waals surface area contributed by atoms with Gasteiger partial charge in [-0.2, -0.15) is 0 Å². The standard InChI is InChI=1S/C13H12Br3NO2S/c1-18-9-3-6(7(14)4-10(9)19-2)12(17)11-5-8(15)13(16)20-11/h3-5,12H,17H2,1-2H3. The van der Waals surface area contributed by atoms with E-state index in [2.05, 4.69) is 47.8 Å². The maximum absolute atomic E-state index is 6.36. The Morgan fingerprint density at radius 1 is 1.00 bits per heavy atom. The number of ether oxygens (including phenoxy) is 2. The van der Waals surface area contributed by atoms with E-state index >= 15 is 0 Å². The van der Waals surface area contributed by atoms with E-state index in [1.807, 2.05) is 18.2 Å². The molecule has 0 aliphatic rings. The fraction of sp³-hybridized carbons (Fsp3) is 0.231. The van der Waals surface area contributed by atoms with Gasteiger partial charge in [-0.25, -0.2) is 0 Å². The van der Waals surface area contributed by atoms with Crippen molar-refractivity contribution in [3.8, 4) is 11.5 Å². The fourth-order valence-corrected chi connectivity index (χ4v) is 4.46. The SMILES string of the molecule is COc1cc(Br)c(C(N)c2cc(Br)c(Br)s2)cc1OC. The van der Waals surface area contributed by atoms with Gasteiger partial charge < -0.3 is 15.2 Å². The molecule has 7 heteroatoms. The van der Waals surface area contributed by atoms with Crippen LogP contribution in [0, 0.1) is 0 Å². The van der Waals surface area contributed by atoms with Crippen molar-refractivity contribution in [2.45, 2.75) is 6.04 Å². The second kappa shape index (κ2) is 6.79.